The number of nitriles is 1. The van der Waals surface area contributed by atoms with Gasteiger partial charge in [0.1, 0.15) is 11.1 Å². The van der Waals surface area contributed by atoms with Gasteiger partial charge in [0, 0.05) is 13.1 Å². The Morgan fingerprint density at radius 1 is 1.50 bits per heavy atom. The molecule has 0 unspecified atom stereocenters. The van der Waals surface area contributed by atoms with E-state index in [9.17, 15) is 0 Å². The smallest absolute Gasteiger partial charge is 0.175 e. The third-order valence-corrected chi connectivity index (χ3v) is 2.53. The number of thiazole rings is 1. The maximum absolute atomic E-state index is 8.81. The molecular weight excluding hydrogens is 194 g/mol. The van der Waals surface area contributed by atoms with E-state index < -0.39 is 0 Å². The Labute approximate surface area is 87.6 Å². The Morgan fingerprint density at radius 3 is 2.64 bits per heavy atom. The van der Waals surface area contributed by atoms with Crippen LogP contribution in [0.1, 0.15) is 5.69 Å². The van der Waals surface area contributed by atoms with E-state index in [0.29, 0.717) is 18.8 Å². The van der Waals surface area contributed by atoms with E-state index in [1.165, 1.54) is 11.3 Å². The summed E-state index contributed by atoms with van der Waals surface area (Å²) in [5.41, 5.74) is 2.14. The molecule has 0 saturated carbocycles. The third kappa shape index (κ3) is 2.21. The lowest BCUT2D eigenvalue weighted by atomic mass is 10.4. The number of aromatic nitrogens is 1. The highest BCUT2D eigenvalue weighted by molar-refractivity contribution is 7.14. The fourth-order valence-corrected chi connectivity index (χ4v) is 1.86. The molecule has 0 N–H and O–H groups in total. The normalized spacial score (nSPS) is 9.07. The van der Waals surface area contributed by atoms with Crippen LogP contribution in [-0.2, 0) is 0 Å². The van der Waals surface area contributed by atoms with E-state index in [2.05, 4.69) is 24.2 Å². The van der Waals surface area contributed by atoms with Crippen molar-refractivity contribution in [2.45, 2.75) is 0 Å². The first-order valence-electron chi connectivity index (χ1n) is 4.13. The molecule has 0 aromatic carbocycles. The van der Waals surface area contributed by atoms with E-state index in [1.54, 1.807) is 17.7 Å². The third-order valence-electron chi connectivity index (χ3n) is 1.64. The monoisotopic (exact) mass is 205 g/mol. The van der Waals surface area contributed by atoms with Crippen molar-refractivity contribution in [3.8, 4) is 6.07 Å². The lowest BCUT2D eigenvalue weighted by Gasteiger charge is -2.18. The van der Waals surface area contributed by atoms with Gasteiger partial charge in [0.25, 0.3) is 0 Å². The molecule has 0 aliphatic rings. The van der Waals surface area contributed by atoms with Gasteiger partial charge in [0.15, 0.2) is 5.69 Å². The molecule has 3 nitrogen and oxygen atoms in total. The average molecular weight is 205 g/mol. The van der Waals surface area contributed by atoms with Crippen LogP contribution in [0.2, 0.25) is 0 Å². The summed E-state index contributed by atoms with van der Waals surface area (Å²) in [5.74, 6) is 0. The number of hydrogen-bond donors (Lipinski definition) is 0. The van der Waals surface area contributed by atoms with Gasteiger partial charge in [-0.2, -0.15) is 5.26 Å². The van der Waals surface area contributed by atoms with Crippen LogP contribution in [0, 0.1) is 11.3 Å². The van der Waals surface area contributed by atoms with Crippen LogP contribution < -0.4 is 4.90 Å². The van der Waals surface area contributed by atoms with Crippen molar-refractivity contribution in [1.29, 1.82) is 5.26 Å². The minimum absolute atomic E-state index is 0.471. The molecule has 72 valence electrons. The molecule has 0 spiro atoms. The van der Waals surface area contributed by atoms with Gasteiger partial charge in [-0.3, -0.25) is 0 Å². The summed E-state index contributed by atoms with van der Waals surface area (Å²) < 4.78 is 0. The van der Waals surface area contributed by atoms with Crippen LogP contribution in [0.5, 0.6) is 0 Å². The molecule has 0 aliphatic carbocycles. The van der Waals surface area contributed by atoms with Gasteiger partial charge in [0.05, 0.1) is 5.51 Å². The van der Waals surface area contributed by atoms with Crippen LogP contribution >= 0.6 is 11.3 Å². The lowest BCUT2D eigenvalue weighted by molar-refractivity contribution is 0.964. The Morgan fingerprint density at radius 2 is 2.14 bits per heavy atom. The first-order chi connectivity index (χ1) is 6.83. The lowest BCUT2D eigenvalue weighted by Crippen LogP contribution is -2.22. The first kappa shape index (κ1) is 10.5. The zero-order chi connectivity index (χ0) is 10.4. The van der Waals surface area contributed by atoms with Gasteiger partial charge >= 0.3 is 0 Å². The van der Waals surface area contributed by atoms with Crippen LogP contribution in [0.25, 0.3) is 0 Å². The Bertz CT molecular complexity index is 352. The number of hydrogen-bond acceptors (Lipinski definition) is 4. The zero-order valence-corrected chi connectivity index (χ0v) is 8.63. The highest BCUT2D eigenvalue weighted by atomic mass is 32.1. The first-order valence-corrected chi connectivity index (χ1v) is 5.01. The fourth-order valence-electron chi connectivity index (χ4n) is 1.09. The Kier molecular flexibility index (Phi) is 3.89. The van der Waals surface area contributed by atoms with Crippen molar-refractivity contribution < 1.29 is 0 Å². The molecule has 1 rings (SSSR count). The Hall–Kier alpha value is -1.60. The number of anilines is 1. The minimum atomic E-state index is 0.471. The van der Waals surface area contributed by atoms with Crippen molar-refractivity contribution in [2.75, 3.05) is 18.0 Å². The van der Waals surface area contributed by atoms with Crippen molar-refractivity contribution in [3.05, 3.63) is 36.5 Å². The average Bonchev–Trinajstić information content (AvgIpc) is 2.65. The van der Waals surface area contributed by atoms with Crippen LogP contribution in [0.3, 0.4) is 0 Å². The second-order valence-electron chi connectivity index (χ2n) is 2.60. The summed E-state index contributed by atoms with van der Waals surface area (Å²) in [5, 5.41) is 9.69. The molecule has 0 atom stereocenters. The molecule has 4 heteroatoms. The maximum atomic E-state index is 8.81. The quantitative estimate of drug-likeness (QED) is 0.692. The molecule has 0 bridgehead atoms. The molecular formula is C10H11N3S. The van der Waals surface area contributed by atoms with Crippen molar-refractivity contribution in [3.63, 3.8) is 0 Å². The standard InChI is InChI=1S/C10H11N3S/c1-3-5-13(6-4-2)10-9(7-11)12-8-14-10/h3-4,8H,1-2,5-6H2. The van der Waals surface area contributed by atoms with E-state index in [-0.39, 0.29) is 0 Å². The second-order valence-corrected chi connectivity index (χ2v) is 3.43. The molecule has 0 saturated heterocycles. The fraction of sp³-hybridized carbons (Fsp3) is 0.200. The van der Waals surface area contributed by atoms with Gasteiger partial charge in [-0.25, -0.2) is 4.98 Å². The number of rotatable bonds is 5. The molecule has 0 amide bonds. The summed E-state index contributed by atoms with van der Waals surface area (Å²) in [6, 6.07) is 2.06. The summed E-state index contributed by atoms with van der Waals surface area (Å²) in [6.07, 6.45) is 3.59. The van der Waals surface area contributed by atoms with Crippen LogP contribution in [-0.4, -0.2) is 18.1 Å². The molecule has 14 heavy (non-hydrogen) atoms. The van der Waals surface area contributed by atoms with Gasteiger partial charge in [0.2, 0.25) is 0 Å². The van der Waals surface area contributed by atoms with E-state index in [0.717, 1.165) is 5.00 Å². The highest BCUT2D eigenvalue weighted by Gasteiger charge is 2.11. The van der Waals surface area contributed by atoms with Crippen molar-refractivity contribution in [1.82, 2.24) is 4.98 Å². The molecule has 1 aromatic rings. The topological polar surface area (TPSA) is 39.9 Å². The predicted octanol–water partition coefficient (Wildman–Crippen LogP) is 2.19. The largest absolute Gasteiger partial charge is 0.354 e. The minimum Gasteiger partial charge on any atom is -0.354 e. The van der Waals surface area contributed by atoms with E-state index in [1.807, 2.05) is 4.90 Å². The van der Waals surface area contributed by atoms with Crippen LogP contribution in [0.4, 0.5) is 5.00 Å². The molecule has 0 fully saturated rings. The van der Waals surface area contributed by atoms with Gasteiger partial charge in [-0.15, -0.1) is 24.5 Å². The van der Waals surface area contributed by atoms with Gasteiger partial charge in [-0.05, 0) is 0 Å². The maximum Gasteiger partial charge on any atom is 0.175 e. The van der Waals surface area contributed by atoms with E-state index >= 15 is 0 Å². The molecule has 1 heterocycles. The van der Waals surface area contributed by atoms with E-state index in [4.69, 9.17) is 5.26 Å². The highest BCUT2D eigenvalue weighted by Crippen LogP contribution is 2.24. The van der Waals surface area contributed by atoms with Gasteiger partial charge < -0.3 is 4.90 Å². The predicted molar refractivity (Wildman–Crippen MR) is 59.4 cm³/mol. The summed E-state index contributed by atoms with van der Waals surface area (Å²) in [4.78, 5) is 5.98. The number of nitrogens with zero attached hydrogens (tertiary/aromatic N) is 3. The second kappa shape index (κ2) is 5.20. The SMILES string of the molecule is C=CCN(CC=C)c1scnc1C#N. The molecule has 0 radical (unpaired) electrons. The summed E-state index contributed by atoms with van der Waals surface area (Å²) >= 11 is 1.46. The Balaban J connectivity index is 2.92. The van der Waals surface area contributed by atoms with Gasteiger partial charge in [-0.1, -0.05) is 12.2 Å². The summed E-state index contributed by atoms with van der Waals surface area (Å²) in [6.45, 7) is 8.74. The molecule has 1 aromatic heterocycles. The molecule has 0 aliphatic heterocycles. The zero-order valence-electron chi connectivity index (χ0n) is 7.81. The summed E-state index contributed by atoms with van der Waals surface area (Å²) in [7, 11) is 0. The van der Waals surface area contributed by atoms with Crippen molar-refractivity contribution in [2.24, 2.45) is 0 Å². The van der Waals surface area contributed by atoms with Crippen molar-refractivity contribution >= 4 is 16.3 Å². The van der Waals surface area contributed by atoms with Crippen LogP contribution in [0.15, 0.2) is 30.8 Å².